The maximum atomic E-state index is 12.9. The van der Waals surface area contributed by atoms with E-state index in [9.17, 15) is 22.8 Å². The summed E-state index contributed by atoms with van der Waals surface area (Å²) in [6, 6.07) is 17.1. The van der Waals surface area contributed by atoms with Crippen LogP contribution in [0, 0.1) is 0 Å². The third kappa shape index (κ3) is 6.53. The van der Waals surface area contributed by atoms with Crippen LogP contribution in [0.5, 0.6) is 0 Å². The minimum absolute atomic E-state index is 0.0966. The molecule has 1 aliphatic heterocycles. The molecule has 0 bridgehead atoms. The first kappa shape index (κ1) is 25.0. The maximum absolute atomic E-state index is 12.9. The number of benzene rings is 2. The molecule has 0 spiro atoms. The zero-order chi connectivity index (χ0) is 25.5. The van der Waals surface area contributed by atoms with Crippen LogP contribution in [0.1, 0.15) is 27.9 Å². The summed E-state index contributed by atoms with van der Waals surface area (Å²) in [6.45, 7) is 2.50. The highest BCUT2D eigenvalue weighted by atomic mass is 19.4. The SMILES string of the molecule is O=C(Nc1ccc(N2CCCN(C(=O)OCc3ccccc3)CC2)nc1)c1cccc(C(F)(F)F)c1. The molecule has 1 N–H and O–H groups in total. The van der Waals surface area contributed by atoms with E-state index in [1.165, 1.54) is 18.3 Å². The number of pyridine rings is 1. The molecule has 2 aromatic carbocycles. The van der Waals surface area contributed by atoms with Crippen molar-refractivity contribution in [3.63, 3.8) is 0 Å². The van der Waals surface area contributed by atoms with Gasteiger partial charge in [0.25, 0.3) is 5.91 Å². The van der Waals surface area contributed by atoms with E-state index in [4.69, 9.17) is 4.74 Å². The molecule has 0 unspecified atom stereocenters. The van der Waals surface area contributed by atoms with Gasteiger partial charge in [-0.2, -0.15) is 13.2 Å². The van der Waals surface area contributed by atoms with Crippen LogP contribution in [0.2, 0.25) is 0 Å². The smallest absolute Gasteiger partial charge is 0.416 e. The van der Waals surface area contributed by atoms with Crippen molar-refractivity contribution in [3.8, 4) is 0 Å². The van der Waals surface area contributed by atoms with Crippen molar-refractivity contribution < 1.29 is 27.5 Å². The normalized spacial score (nSPS) is 14.2. The Bertz CT molecular complexity index is 1190. The van der Waals surface area contributed by atoms with E-state index in [0.29, 0.717) is 37.7 Å². The zero-order valence-electron chi connectivity index (χ0n) is 19.4. The topological polar surface area (TPSA) is 74.8 Å². The Hall–Kier alpha value is -4.08. The summed E-state index contributed by atoms with van der Waals surface area (Å²) in [5.41, 5.74) is 0.303. The van der Waals surface area contributed by atoms with Crippen LogP contribution >= 0.6 is 0 Å². The van der Waals surface area contributed by atoms with Gasteiger partial charge < -0.3 is 19.9 Å². The molecule has 4 rings (SSSR count). The number of alkyl halides is 3. The molecule has 2 heterocycles. The predicted octanol–water partition coefficient (Wildman–Crippen LogP) is 5.20. The first-order chi connectivity index (χ1) is 17.3. The van der Waals surface area contributed by atoms with Crippen LogP contribution in [0.4, 0.5) is 29.5 Å². The molecule has 1 aromatic heterocycles. The number of carbonyl (C=O) groups excluding carboxylic acids is 2. The summed E-state index contributed by atoms with van der Waals surface area (Å²) in [7, 11) is 0. The number of nitrogens with one attached hydrogen (secondary N) is 1. The number of halogens is 3. The largest absolute Gasteiger partial charge is 0.445 e. The number of nitrogens with zero attached hydrogens (tertiary/aromatic N) is 3. The Balaban J connectivity index is 1.31. The standard InChI is InChI=1S/C26H25F3N4O3/c27-26(28,29)21-9-4-8-20(16-21)24(34)31-22-10-11-23(30-17-22)32-12-5-13-33(15-14-32)25(35)36-18-19-6-2-1-3-7-19/h1-4,6-11,16-17H,5,12-15,18H2,(H,31,34). The Kier molecular flexibility index (Phi) is 7.72. The van der Waals surface area contributed by atoms with Gasteiger partial charge in [0.2, 0.25) is 0 Å². The molecule has 0 aliphatic carbocycles. The van der Waals surface area contributed by atoms with Crippen molar-refractivity contribution in [1.82, 2.24) is 9.88 Å². The molecular formula is C26H25F3N4O3. The second kappa shape index (κ2) is 11.1. The summed E-state index contributed by atoms with van der Waals surface area (Å²) in [5, 5.41) is 2.57. The molecule has 7 nitrogen and oxygen atoms in total. The zero-order valence-corrected chi connectivity index (χ0v) is 19.4. The van der Waals surface area contributed by atoms with Gasteiger partial charge in [0.15, 0.2) is 0 Å². The molecule has 0 saturated carbocycles. The molecule has 0 radical (unpaired) electrons. The van der Waals surface area contributed by atoms with E-state index in [0.717, 1.165) is 24.1 Å². The van der Waals surface area contributed by atoms with E-state index < -0.39 is 17.6 Å². The fourth-order valence-electron chi connectivity index (χ4n) is 3.83. The van der Waals surface area contributed by atoms with Crippen LogP contribution in [-0.2, 0) is 17.5 Å². The van der Waals surface area contributed by atoms with E-state index in [2.05, 4.69) is 10.3 Å². The van der Waals surface area contributed by atoms with Gasteiger partial charge in [-0.25, -0.2) is 9.78 Å². The lowest BCUT2D eigenvalue weighted by Gasteiger charge is -2.22. The van der Waals surface area contributed by atoms with E-state index in [1.54, 1.807) is 17.0 Å². The number of ether oxygens (including phenoxy) is 1. The first-order valence-corrected chi connectivity index (χ1v) is 11.4. The van der Waals surface area contributed by atoms with E-state index >= 15 is 0 Å². The van der Waals surface area contributed by atoms with Gasteiger partial charge >= 0.3 is 12.3 Å². The van der Waals surface area contributed by atoms with Gasteiger partial charge in [0.1, 0.15) is 12.4 Å². The second-order valence-electron chi connectivity index (χ2n) is 8.31. The number of hydrogen-bond acceptors (Lipinski definition) is 5. The average molecular weight is 499 g/mol. The predicted molar refractivity (Wildman–Crippen MR) is 129 cm³/mol. The van der Waals surface area contributed by atoms with E-state index in [1.807, 2.05) is 35.2 Å². The van der Waals surface area contributed by atoms with E-state index in [-0.39, 0.29) is 18.3 Å². The summed E-state index contributed by atoms with van der Waals surface area (Å²) in [5.74, 6) is 0.0154. The number of amides is 2. The third-order valence-electron chi connectivity index (χ3n) is 5.74. The quantitative estimate of drug-likeness (QED) is 0.523. The molecule has 2 amide bonds. The highest BCUT2D eigenvalue weighted by Gasteiger charge is 2.31. The minimum atomic E-state index is -4.53. The third-order valence-corrected chi connectivity index (χ3v) is 5.74. The van der Waals surface area contributed by atoms with Gasteiger partial charge in [-0.3, -0.25) is 4.79 Å². The van der Waals surface area contributed by atoms with Crippen LogP contribution in [0.3, 0.4) is 0 Å². The average Bonchev–Trinajstić information content (AvgIpc) is 3.14. The van der Waals surface area contributed by atoms with Crippen molar-refractivity contribution in [2.45, 2.75) is 19.2 Å². The van der Waals surface area contributed by atoms with Crippen LogP contribution in [-0.4, -0.2) is 48.1 Å². The maximum Gasteiger partial charge on any atom is 0.416 e. The second-order valence-corrected chi connectivity index (χ2v) is 8.31. The van der Waals surface area contributed by atoms with Crippen LogP contribution < -0.4 is 10.2 Å². The van der Waals surface area contributed by atoms with Crippen LogP contribution in [0.15, 0.2) is 72.9 Å². The van der Waals surface area contributed by atoms with Gasteiger partial charge in [-0.1, -0.05) is 36.4 Å². The lowest BCUT2D eigenvalue weighted by Crippen LogP contribution is -2.35. The summed E-state index contributed by atoms with van der Waals surface area (Å²) >= 11 is 0. The highest BCUT2D eigenvalue weighted by molar-refractivity contribution is 6.04. The molecule has 188 valence electrons. The molecule has 1 saturated heterocycles. The lowest BCUT2D eigenvalue weighted by atomic mass is 10.1. The molecular weight excluding hydrogens is 473 g/mol. The number of rotatable bonds is 5. The highest BCUT2D eigenvalue weighted by Crippen LogP contribution is 2.29. The molecule has 1 aliphatic rings. The summed E-state index contributed by atoms with van der Waals surface area (Å²) < 4.78 is 44.2. The van der Waals surface area contributed by atoms with Crippen molar-refractivity contribution >= 4 is 23.5 Å². The van der Waals surface area contributed by atoms with Crippen LogP contribution in [0.25, 0.3) is 0 Å². The van der Waals surface area contributed by atoms with Gasteiger partial charge in [-0.05, 0) is 42.3 Å². The Morgan fingerprint density at radius 1 is 0.944 bits per heavy atom. The van der Waals surface area contributed by atoms with Crippen molar-refractivity contribution in [3.05, 3.63) is 89.6 Å². The lowest BCUT2D eigenvalue weighted by molar-refractivity contribution is -0.137. The number of carbonyl (C=O) groups is 2. The van der Waals surface area contributed by atoms with Gasteiger partial charge in [0.05, 0.1) is 17.4 Å². The Labute approximate surface area is 206 Å². The number of anilines is 2. The summed E-state index contributed by atoms with van der Waals surface area (Å²) in [6.07, 6.45) is -2.70. The number of hydrogen-bond donors (Lipinski definition) is 1. The number of aromatic nitrogens is 1. The van der Waals surface area contributed by atoms with Crippen molar-refractivity contribution in [1.29, 1.82) is 0 Å². The Morgan fingerprint density at radius 3 is 2.47 bits per heavy atom. The molecule has 0 atom stereocenters. The Morgan fingerprint density at radius 2 is 1.75 bits per heavy atom. The van der Waals surface area contributed by atoms with Crippen molar-refractivity contribution in [2.24, 2.45) is 0 Å². The molecule has 1 fully saturated rings. The molecule has 3 aromatic rings. The first-order valence-electron chi connectivity index (χ1n) is 11.4. The molecule has 36 heavy (non-hydrogen) atoms. The molecule has 10 heteroatoms. The minimum Gasteiger partial charge on any atom is -0.445 e. The fourth-order valence-corrected chi connectivity index (χ4v) is 3.83. The van der Waals surface area contributed by atoms with Gasteiger partial charge in [0, 0.05) is 31.7 Å². The fraction of sp³-hybridized carbons (Fsp3) is 0.269. The monoisotopic (exact) mass is 498 g/mol. The summed E-state index contributed by atoms with van der Waals surface area (Å²) in [4.78, 5) is 33.0. The van der Waals surface area contributed by atoms with Gasteiger partial charge in [-0.15, -0.1) is 0 Å². The van der Waals surface area contributed by atoms with Crippen molar-refractivity contribution in [2.75, 3.05) is 36.4 Å².